The summed E-state index contributed by atoms with van der Waals surface area (Å²) in [5.74, 6) is -0.000292. The zero-order valence-electron chi connectivity index (χ0n) is 15.9. The molecule has 0 spiro atoms. The van der Waals surface area contributed by atoms with Crippen molar-refractivity contribution in [3.05, 3.63) is 70.9 Å². The highest BCUT2D eigenvalue weighted by Gasteiger charge is 2.23. The van der Waals surface area contributed by atoms with Gasteiger partial charge in [0.05, 0.1) is 5.69 Å². The van der Waals surface area contributed by atoms with Crippen LogP contribution in [-0.4, -0.2) is 47.2 Å². The van der Waals surface area contributed by atoms with E-state index in [1.54, 1.807) is 0 Å². The molecule has 3 aromatic rings. The Morgan fingerprint density at radius 1 is 1.04 bits per heavy atom. The molecule has 2 aromatic carbocycles. The van der Waals surface area contributed by atoms with E-state index >= 15 is 0 Å². The molecular formula is C22H23ClN4O. The summed E-state index contributed by atoms with van der Waals surface area (Å²) in [6.07, 6.45) is 1.01. The van der Waals surface area contributed by atoms with Gasteiger partial charge in [0.1, 0.15) is 5.69 Å². The zero-order chi connectivity index (χ0) is 19.5. The maximum Gasteiger partial charge on any atom is 0.272 e. The number of aromatic amines is 1. The molecule has 6 heteroatoms. The van der Waals surface area contributed by atoms with Crippen LogP contribution in [0.25, 0.3) is 11.3 Å². The smallest absolute Gasteiger partial charge is 0.272 e. The maximum atomic E-state index is 12.9. The van der Waals surface area contributed by atoms with Crippen LogP contribution in [0.3, 0.4) is 0 Å². The molecule has 5 nitrogen and oxygen atoms in total. The summed E-state index contributed by atoms with van der Waals surface area (Å²) >= 11 is 5.96. The number of H-pyrrole nitrogens is 1. The fourth-order valence-electron chi connectivity index (χ4n) is 3.48. The van der Waals surface area contributed by atoms with Gasteiger partial charge in [0.25, 0.3) is 5.91 Å². The molecule has 1 saturated heterocycles. The molecule has 1 aromatic heterocycles. The maximum absolute atomic E-state index is 12.9. The number of carbonyl (C=O) groups excluding carboxylic acids is 1. The van der Waals surface area contributed by atoms with E-state index in [1.807, 2.05) is 47.4 Å². The molecule has 0 unspecified atom stereocenters. The topological polar surface area (TPSA) is 52.2 Å². The number of benzene rings is 2. The average molecular weight is 395 g/mol. The average Bonchev–Trinajstić information content (AvgIpc) is 3.24. The van der Waals surface area contributed by atoms with Crippen LogP contribution in [0.4, 0.5) is 5.69 Å². The fraction of sp³-hybridized carbons (Fsp3) is 0.273. The number of nitrogens with zero attached hydrogens (tertiary/aromatic N) is 3. The Morgan fingerprint density at radius 3 is 2.36 bits per heavy atom. The first-order valence-corrected chi connectivity index (χ1v) is 9.96. The standard InChI is InChI=1S/C22H23ClN4O/c1-2-16-3-5-17(6-4-16)20-15-21(25-24-20)22(28)27-13-11-26(12-14-27)19-9-7-18(23)8-10-19/h3-10,15H,2,11-14H2,1H3,(H,24,25). The second-order valence-electron chi connectivity index (χ2n) is 6.97. The van der Waals surface area contributed by atoms with Crippen molar-refractivity contribution >= 4 is 23.2 Å². The van der Waals surface area contributed by atoms with Gasteiger partial charge in [-0.25, -0.2) is 0 Å². The van der Waals surface area contributed by atoms with Crippen LogP contribution in [0.5, 0.6) is 0 Å². The van der Waals surface area contributed by atoms with Crippen LogP contribution in [0.2, 0.25) is 5.02 Å². The summed E-state index contributed by atoms with van der Waals surface area (Å²) < 4.78 is 0. The predicted molar refractivity (Wildman–Crippen MR) is 113 cm³/mol. The van der Waals surface area contributed by atoms with E-state index in [9.17, 15) is 4.79 Å². The number of rotatable bonds is 4. The molecule has 2 heterocycles. The summed E-state index contributed by atoms with van der Waals surface area (Å²) in [6, 6.07) is 18.0. The lowest BCUT2D eigenvalue weighted by Gasteiger charge is -2.35. The SMILES string of the molecule is CCc1ccc(-c2cc(C(=O)N3CCN(c4ccc(Cl)cc4)CC3)[nH]n2)cc1. The zero-order valence-corrected chi connectivity index (χ0v) is 16.6. The van der Waals surface area contributed by atoms with Crippen LogP contribution < -0.4 is 4.90 Å². The highest BCUT2D eigenvalue weighted by molar-refractivity contribution is 6.30. The monoisotopic (exact) mass is 394 g/mol. The van der Waals surface area contributed by atoms with Gasteiger partial charge in [0.2, 0.25) is 0 Å². The number of anilines is 1. The lowest BCUT2D eigenvalue weighted by Crippen LogP contribution is -2.48. The van der Waals surface area contributed by atoms with E-state index < -0.39 is 0 Å². The van der Waals surface area contributed by atoms with Crippen molar-refractivity contribution in [1.82, 2.24) is 15.1 Å². The Kier molecular flexibility index (Phi) is 5.35. The first-order chi connectivity index (χ1) is 13.6. The van der Waals surface area contributed by atoms with Crippen molar-refractivity contribution in [2.45, 2.75) is 13.3 Å². The van der Waals surface area contributed by atoms with Crippen LogP contribution >= 0.6 is 11.6 Å². The van der Waals surface area contributed by atoms with Gasteiger partial charge in [0, 0.05) is 42.5 Å². The largest absolute Gasteiger partial charge is 0.368 e. The van der Waals surface area contributed by atoms with Gasteiger partial charge in [-0.2, -0.15) is 5.10 Å². The summed E-state index contributed by atoms with van der Waals surface area (Å²) in [6.45, 7) is 5.09. The van der Waals surface area contributed by atoms with Gasteiger partial charge in [-0.3, -0.25) is 9.89 Å². The van der Waals surface area contributed by atoms with Crippen molar-refractivity contribution in [2.75, 3.05) is 31.1 Å². The van der Waals surface area contributed by atoms with Crippen molar-refractivity contribution in [3.63, 3.8) is 0 Å². The Hall–Kier alpha value is -2.79. The molecule has 144 valence electrons. The van der Waals surface area contributed by atoms with E-state index in [1.165, 1.54) is 5.56 Å². The van der Waals surface area contributed by atoms with E-state index in [4.69, 9.17) is 11.6 Å². The van der Waals surface area contributed by atoms with Gasteiger partial charge in [-0.15, -0.1) is 0 Å². The number of amides is 1. The number of piperazine rings is 1. The van der Waals surface area contributed by atoms with Crippen LogP contribution in [0, 0.1) is 0 Å². The van der Waals surface area contributed by atoms with Crippen LogP contribution in [0.15, 0.2) is 54.6 Å². The van der Waals surface area contributed by atoms with E-state index in [2.05, 4.69) is 34.2 Å². The van der Waals surface area contributed by atoms with Gasteiger partial charge in [-0.1, -0.05) is 42.8 Å². The van der Waals surface area contributed by atoms with Gasteiger partial charge in [0.15, 0.2) is 0 Å². The highest BCUT2D eigenvalue weighted by Crippen LogP contribution is 2.22. The molecule has 28 heavy (non-hydrogen) atoms. The van der Waals surface area contributed by atoms with E-state index in [0.29, 0.717) is 18.8 Å². The normalized spacial score (nSPS) is 14.4. The highest BCUT2D eigenvalue weighted by atomic mass is 35.5. The van der Waals surface area contributed by atoms with Crippen LogP contribution in [-0.2, 0) is 6.42 Å². The first-order valence-electron chi connectivity index (χ1n) is 9.58. The van der Waals surface area contributed by atoms with Gasteiger partial charge < -0.3 is 9.80 Å². The molecule has 1 aliphatic heterocycles. The summed E-state index contributed by atoms with van der Waals surface area (Å²) in [4.78, 5) is 17.0. The van der Waals surface area contributed by atoms with Gasteiger partial charge >= 0.3 is 0 Å². The Morgan fingerprint density at radius 2 is 1.71 bits per heavy atom. The molecule has 0 aliphatic carbocycles. The predicted octanol–water partition coefficient (Wildman–Crippen LogP) is 4.25. The molecule has 4 rings (SSSR count). The minimum Gasteiger partial charge on any atom is -0.368 e. The number of aromatic nitrogens is 2. The molecule has 0 atom stereocenters. The van der Waals surface area contributed by atoms with Crippen molar-refractivity contribution < 1.29 is 4.79 Å². The minimum absolute atomic E-state index is 0.000292. The fourth-order valence-corrected chi connectivity index (χ4v) is 3.61. The third kappa shape index (κ3) is 3.90. The number of carbonyl (C=O) groups is 1. The second kappa shape index (κ2) is 8.07. The van der Waals surface area contributed by atoms with E-state index in [0.717, 1.165) is 41.5 Å². The number of hydrogen-bond donors (Lipinski definition) is 1. The third-order valence-electron chi connectivity index (χ3n) is 5.22. The number of halogens is 1. The quantitative estimate of drug-likeness (QED) is 0.719. The molecule has 1 fully saturated rings. The summed E-state index contributed by atoms with van der Waals surface area (Å²) in [5.41, 5.74) is 4.77. The lowest BCUT2D eigenvalue weighted by molar-refractivity contribution is 0.0741. The molecule has 0 radical (unpaired) electrons. The van der Waals surface area contributed by atoms with Crippen LogP contribution in [0.1, 0.15) is 23.0 Å². The lowest BCUT2D eigenvalue weighted by atomic mass is 10.1. The molecular weight excluding hydrogens is 372 g/mol. The van der Waals surface area contributed by atoms with Crippen molar-refractivity contribution in [2.24, 2.45) is 0 Å². The Balaban J connectivity index is 1.40. The van der Waals surface area contributed by atoms with Crippen molar-refractivity contribution in [1.29, 1.82) is 0 Å². The molecule has 0 bridgehead atoms. The number of nitrogens with one attached hydrogen (secondary N) is 1. The molecule has 1 N–H and O–H groups in total. The van der Waals surface area contributed by atoms with Gasteiger partial charge in [-0.05, 0) is 42.3 Å². The summed E-state index contributed by atoms with van der Waals surface area (Å²) in [7, 11) is 0. The Bertz CT molecular complexity index is 941. The first kappa shape index (κ1) is 18.6. The van der Waals surface area contributed by atoms with Crippen molar-refractivity contribution in [3.8, 4) is 11.3 Å². The number of hydrogen-bond acceptors (Lipinski definition) is 3. The third-order valence-corrected chi connectivity index (χ3v) is 5.48. The second-order valence-corrected chi connectivity index (χ2v) is 7.41. The Labute approximate surface area is 169 Å². The molecule has 1 amide bonds. The van der Waals surface area contributed by atoms with E-state index in [-0.39, 0.29) is 5.91 Å². The number of aryl methyl sites for hydroxylation is 1. The minimum atomic E-state index is -0.000292. The molecule has 0 saturated carbocycles. The summed E-state index contributed by atoms with van der Waals surface area (Å²) in [5, 5.41) is 7.98. The molecule has 1 aliphatic rings.